The number of aryl methyl sites for hydroxylation is 1. The third kappa shape index (κ3) is 3.58. The van der Waals surface area contributed by atoms with Crippen molar-refractivity contribution in [1.29, 1.82) is 0 Å². The van der Waals surface area contributed by atoms with Gasteiger partial charge in [0, 0.05) is 17.5 Å². The number of carbonyl (C=O) groups is 1. The summed E-state index contributed by atoms with van der Waals surface area (Å²) in [4.78, 5) is 18.3. The van der Waals surface area contributed by atoms with Crippen molar-refractivity contribution in [3.63, 3.8) is 0 Å². The first-order valence-corrected chi connectivity index (χ1v) is 7.65. The molecule has 0 saturated carbocycles. The molecule has 0 fully saturated rings. The highest BCUT2D eigenvalue weighted by molar-refractivity contribution is 7.09. The molecule has 1 aromatic heterocycles. The summed E-state index contributed by atoms with van der Waals surface area (Å²) in [7, 11) is 1.81. The molecule has 0 aliphatic carbocycles. The zero-order chi connectivity index (χ0) is 14.7. The van der Waals surface area contributed by atoms with Crippen molar-refractivity contribution in [2.24, 2.45) is 0 Å². The largest absolute Gasteiger partial charge is 0.339 e. The Bertz CT molecular complexity index is 611. The Morgan fingerprint density at radius 3 is 2.85 bits per heavy atom. The maximum Gasteiger partial charge on any atom is 0.228 e. The van der Waals surface area contributed by atoms with Gasteiger partial charge in [0.1, 0.15) is 0 Å². The summed E-state index contributed by atoms with van der Waals surface area (Å²) < 4.78 is 0. The van der Waals surface area contributed by atoms with Gasteiger partial charge in [0.05, 0.1) is 23.2 Å². The molecule has 1 unspecified atom stereocenters. The fraction of sp³-hybridized carbons (Fsp3) is 0.333. The Morgan fingerprint density at radius 1 is 1.50 bits per heavy atom. The molecule has 0 spiro atoms. The molecule has 1 heterocycles. The maximum atomic E-state index is 12.3. The molecule has 1 atom stereocenters. The van der Waals surface area contributed by atoms with Crippen LogP contribution in [-0.2, 0) is 11.2 Å². The minimum atomic E-state index is -0.0130. The van der Waals surface area contributed by atoms with Gasteiger partial charge in [-0.15, -0.1) is 11.3 Å². The molecule has 0 saturated heterocycles. The van der Waals surface area contributed by atoms with Crippen molar-refractivity contribution in [3.8, 4) is 0 Å². The van der Waals surface area contributed by atoms with Crippen molar-refractivity contribution >= 4 is 28.8 Å². The van der Waals surface area contributed by atoms with Gasteiger partial charge in [0.25, 0.3) is 0 Å². The second kappa shape index (κ2) is 6.37. The number of hydrogen-bond acceptors (Lipinski definition) is 3. The Hall–Kier alpha value is -1.39. The van der Waals surface area contributed by atoms with Crippen LogP contribution in [0.4, 0.5) is 0 Å². The van der Waals surface area contributed by atoms with Gasteiger partial charge in [0.15, 0.2) is 0 Å². The highest BCUT2D eigenvalue weighted by Gasteiger charge is 2.18. The summed E-state index contributed by atoms with van der Waals surface area (Å²) >= 11 is 7.56. The van der Waals surface area contributed by atoms with E-state index < -0.39 is 0 Å². The van der Waals surface area contributed by atoms with Gasteiger partial charge in [-0.2, -0.15) is 0 Å². The third-order valence-corrected chi connectivity index (χ3v) is 4.36. The highest BCUT2D eigenvalue weighted by atomic mass is 35.5. The average Bonchev–Trinajstić information content (AvgIpc) is 2.82. The van der Waals surface area contributed by atoms with E-state index in [1.54, 1.807) is 16.2 Å². The van der Waals surface area contributed by atoms with Crippen LogP contribution in [0.5, 0.6) is 0 Å². The van der Waals surface area contributed by atoms with E-state index >= 15 is 0 Å². The van der Waals surface area contributed by atoms with Crippen LogP contribution in [0.3, 0.4) is 0 Å². The van der Waals surface area contributed by atoms with E-state index in [0.29, 0.717) is 11.4 Å². The predicted molar refractivity (Wildman–Crippen MR) is 83.2 cm³/mol. The van der Waals surface area contributed by atoms with Crippen molar-refractivity contribution in [1.82, 2.24) is 9.88 Å². The van der Waals surface area contributed by atoms with E-state index in [1.807, 2.05) is 50.5 Å². The minimum absolute atomic E-state index is 0.0130. The van der Waals surface area contributed by atoms with E-state index in [9.17, 15) is 4.79 Å². The predicted octanol–water partition coefficient (Wildman–Crippen LogP) is 3.87. The maximum absolute atomic E-state index is 12.3. The summed E-state index contributed by atoms with van der Waals surface area (Å²) in [6.45, 7) is 3.94. The number of rotatable bonds is 4. The topological polar surface area (TPSA) is 33.2 Å². The van der Waals surface area contributed by atoms with Crippen molar-refractivity contribution < 1.29 is 4.79 Å². The van der Waals surface area contributed by atoms with E-state index in [-0.39, 0.29) is 11.9 Å². The number of aromatic nitrogens is 1. The molecule has 0 radical (unpaired) electrons. The van der Waals surface area contributed by atoms with E-state index in [2.05, 4.69) is 4.98 Å². The fourth-order valence-electron chi connectivity index (χ4n) is 1.98. The van der Waals surface area contributed by atoms with Gasteiger partial charge in [0.2, 0.25) is 5.91 Å². The number of thiazole rings is 1. The van der Waals surface area contributed by atoms with Crippen LogP contribution in [0.2, 0.25) is 5.02 Å². The lowest BCUT2D eigenvalue weighted by Gasteiger charge is -2.25. The van der Waals surface area contributed by atoms with Crippen LogP contribution in [0.15, 0.2) is 29.6 Å². The number of benzene rings is 1. The highest BCUT2D eigenvalue weighted by Crippen LogP contribution is 2.22. The standard InChI is InChI=1S/C15H17ClN2OS/c1-10(12-5-4-6-13(16)7-12)18(3)15(19)8-14-9-20-11(2)17-14/h4-7,9-10H,8H2,1-3H3. The van der Waals surface area contributed by atoms with Crippen LogP contribution in [0.1, 0.15) is 29.2 Å². The van der Waals surface area contributed by atoms with Gasteiger partial charge in [-0.3, -0.25) is 4.79 Å². The Labute approximate surface area is 128 Å². The average molecular weight is 309 g/mol. The van der Waals surface area contributed by atoms with E-state index in [1.165, 1.54) is 0 Å². The number of nitrogens with zero attached hydrogens (tertiary/aromatic N) is 2. The first-order valence-electron chi connectivity index (χ1n) is 6.39. The Balaban J connectivity index is 2.06. The number of amides is 1. The molecule has 0 bridgehead atoms. The molecular weight excluding hydrogens is 292 g/mol. The van der Waals surface area contributed by atoms with Crippen LogP contribution < -0.4 is 0 Å². The lowest BCUT2D eigenvalue weighted by atomic mass is 10.1. The van der Waals surface area contributed by atoms with Crippen LogP contribution in [0, 0.1) is 6.92 Å². The molecule has 20 heavy (non-hydrogen) atoms. The molecule has 0 aliphatic heterocycles. The van der Waals surface area contributed by atoms with E-state index in [0.717, 1.165) is 16.3 Å². The first-order chi connectivity index (χ1) is 9.47. The quantitative estimate of drug-likeness (QED) is 0.859. The summed E-state index contributed by atoms with van der Waals surface area (Å²) in [6.07, 6.45) is 0.339. The molecule has 3 nitrogen and oxygen atoms in total. The fourth-order valence-corrected chi connectivity index (χ4v) is 2.79. The van der Waals surface area contributed by atoms with Crippen LogP contribution in [-0.4, -0.2) is 22.8 Å². The van der Waals surface area contributed by atoms with Crippen molar-refractivity contribution in [2.75, 3.05) is 7.05 Å². The molecule has 106 valence electrons. The molecule has 0 N–H and O–H groups in total. The van der Waals surface area contributed by atoms with Crippen molar-refractivity contribution in [2.45, 2.75) is 26.3 Å². The number of carbonyl (C=O) groups excluding carboxylic acids is 1. The lowest BCUT2D eigenvalue weighted by molar-refractivity contribution is -0.131. The molecular formula is C15H17ClN2OS. The van der Waals surface area contributed by atoms with Gasteiger partial charge in [-0.1, -0.05) is 23.7 Å². The monoisotopic (exact) mass is 308 g/mol. The van der Waals surface area contributed by atoms with Crippen LogP contribution >= 0.6 is 22.9 Å². The molecule has 2 aromatic rings. The zero-order valence-corrected chi connectivity index (χ0v) is 13.3. The molecule has 2 rings (SSSR count). The first kappa shape index (κ1) is 15.0. The molecule has 5 heteroatoms. The van der Waals surface area contributed by atoms with E-state index in [4.69, 9.17) is 11.6 Å². The van der Waals surface area contributed by atoms with Gasteiger partial charge in [-0.25, -0.2) is 4.98 Å². The Kier molecular flexibility index (Phi) is 4.78. The van der Waals surface area contributed by atoms with Gasteiger partial charge in [-0.05, 0) is 31.5 Å². The second-order valence-electron chi connectivity index (χ2n) is 4.77. The van der Waals surface area contributed by atoms with Gasteiger partial charge < -0.3 is 4.90 Å². The molecule has 0 aliphatic rings. The third-order valence-electron chi connectivity index (χ3n) is 3.30. The lowest BCUT2D eigenvalue weighted by Crippen LogP contribution is -2.31. The van der Waals surface area contributed by atoms with Gasteiger partial charge >= 0.3 is 0 Å². The number of likely N-dealkylation sites (N-methyl/N-ethyl adjacent to an activating group) is 1. The second-order valence-corrected chi connectivity index (χ2v) is 6.27. The summed E-state index contributed by atoms with van der Waals surface area (Å²) in [5, 5.41) is 3.61. The Morgan fingerprint density at radius 2 is 2.25 bits per heavy atom. The smallest absolute Gasteiger partial charge is 0.228 e. The number of halogens is 1. The summed E-state index contributed by atoms with van der Waals surface area (Å²) in [6, 6.07) is 7.59. The van der Waals surface area contributed by atoms with Crippen molar-refractivity contribution in [3.05, 3.63) is 50.9 Å². The zero-order valence-electron chi connectivity index (χ0n) is 11.8. The molecule has 1 aromatic carbocycles. The number of hydrogen-bond donors (Lipinski definition) is 0. The summed E-state index contributed by atoms with van der Waals surface area (Å²) in [5.74, 6) is 0.0581. The summed E-state index contributed by atoms with van der Waals surface area (Å²) in [5.41, 5.74) is 1.87. The van der Waals surface area contributed by atoms with Crippen LogP contribution in [0.25, 0.3) is 0 Å². The SMILES string of the molecule is Cc1nc(CC(=O)N(C)C(C)c2cccc(Cl)c2)cs1. The minimum Gasteiger partial charge on any atom is -0.339 e. The molecule has 1 amide bonds. The normalized spacial score (nSPS) is 12.2.